The van der Waals surface area contributed by atoms with E-state index in [2.05, 4.69) is 49.3 Å². The van der Waals surface area contributed by atoms with Crippen molar-refractivity contribution in [1.29, 1.82) is 0 Å². The number of H-pyrrole nitrogens is 1. The van der Waals surface area contributed by atoms with Crippen LogP contribution in [0.2, 0.25) is 0 Å². The summed E-state index contributed by atoms with van der Waals surface area (Å²) >= 11 is 0. The number of rotatable bonds is 15. The molecule has 206 valence electrons. The minimum Gasteiger partial charge on any atom is -0.331 e. The molecule has 0 spiro atoms. The van der Waals surface area contributed by atoms with Crippen molar-refractivity contribution in [2.75, 3.05) is 30.7 Å². The summed E-state index contributed by atoms with van der Waals surface area (Å²) in [5.41, 5.74) is 1.52. The molecule has 0 aliphatic heterocycles. The zero-order valence-corrected chi connectivity index (χ0v) is 22.6. The third-order valence-corrected chi connectivity index (χ3v) is 7.52. The molecule has 38 heavy (non-hydrogen) atoms. The van der Waals surface area contributed by atoms with Gasteiger partial charge < -0.3 is 15.5 Å². The number of aryl methyl sites for hydroxylation is 1. The van der Waals surface area contributed by atoms with Gasteiger partial charge in [0, 0.05) is 5.69 Å². The number of aromatic amines is 1. The number of aromatic nitrogens is 3. The minimum absolute atomic E-state index is 0.00767. The van der Waals surface area contributed by atoms with Crippen molar-refractivity contribution in [2.24, 2.45) is 0 Å². The van der Waals surface area contributed by atoms with Gasteiger partial charge in [0.25, 0.3) is 0 Å². The lowest BCUT2D eigenvalue weighted by Gasteiger charge is -2.19. The molecule has 1 aromatic heterocycles. The fourth-order valence-corrected chi connectivity index (χ4v) is 5.19. The molecule has 0 fully saturated rings. The van der Waals surface area contributed by atoms with Gasteiger partial charge in [0.15, 0.2) is 5.82 Å². The molecule has 0 aliphatic rings. The van der Waals surface area contributed by atoms with Crippen LogP contribution in [0.15, 0.2) is 54.6 Å². The van der Waals surface area contributed by atoms with Gasteiger partial charge in [0.05, 0.1) is 18.3 Å². The minimum atomic E-state index is -3.58. The first-order chi connectivity index (χ1) is 18.3. The number of sulfonamides is 1. The maximum Gasteiger partial charge on any atom is 0.319 e. The summed E-state index contributed by atoms with van der Waals surface area (Å²) in [4.78, 5) is 18.8. The summed E-state index contributed by atoms with van der Waals surface area (Å²) in [5.74, 6) is 0.295. The first-order valence-corrected chi connectivity index (χ1v) is 14.4. The highest BCUT2D eigenvalue weighted by molar-refractivity contribution is 7.89. The first-order valence-electron chi connectivity index (χ1n) is 12.8. The van der Waals surface area contributed by atoms with Gasteiger partial charge in [0.1, 0.15) is 11.6 Å². The second-order valence-electron chi connectivity index (χ2n) is 8.85. The molecule has 2 amide bonds. The molecule has 10 nitrogen and oxygen atoms in total. The van der Waals surface area contributed by atoms with Gasteiger partial charge in [-0.2, -0.15) is 5.10 Å². The number of carbonyl (C=O) groups excluding carboxylic acids is 1. The van der Waals surface area contributed by atoms with E-state index in [-0.39, 0.29) is 12.3 Å². The van der Waals surface area contributed by atoms with E-state index >= 15 is 0 Å². The molecule has 12 heteroatoms. The largest absolute Gasteiger partial charge is 0.331 e. The summed E-state index contributed by atoms with van der Waals surface area (Å²) in [5, 5.41) is 12.3. The van der Waals surface area contributed by atoms with Crippen LogP contribution in [-0.4, -0.2) is 59.9 Å². The number of carbonyl (C=O) groups is 1. The zero-order chi connectivity index (χ0) is 27.4. The van der Waals surface area contributed by atoms with E-state index < -0.39 is 27.9 Å². The number of urea groups is 1. The van der Waals surface area contributed by atoms with E-state index in [0.717, 1.165) is 18.7 Å². The number of hydrogen-bond donors (Lipinski definition) is 4. The Hall–Kier alpha value is -3.35. The lowest BCUT2D eigenvalue weighted by Crippen LogP contribution is -2.33. The van der Waals surface area contributed by atoms with E-state index in [4.69, 9.17) is 0 Å². The third-order valence-electron chi connectivity index (χ3n) is 6.05. The Bertz CT molecular complexity index is 1230. The van der Waals surface area contributed by atoms with Crippen LogP contribution >= 0.6 is 0 Å². The highest BCUT2D eigenvalue weighted by Gasteiger charge is 2.23. The molecule has 1 atom stereocenters. The van der Waals surface area contributed by atoms with Gasteiger partial charge in [-0.15, -0.1) is 0 Å². The van der Waals surface area contributed by atoms with Crippen LogP contribution in [0.25, 0.3) is 0 Å². The number of hydrogen-bond acceptors (Lipinski definition) is 6. The first kappa shape index (κ1) is 29.2. The van der Waals surface area contributed by atoms with Gasteiger partial charge >= 0.3 is 6.03 Å². The van der Waals surface area contributed by atoms with E-state index in [1.54, 1.807) is 0 Å². The van der Waals surface area contributed by atoms with Crippen LogP contribution in [0, 0.1) is 5.82 Å². The van der Waals surface area contributed by atoms with Gasteiger partial charge in [0.2, 0.25) is 10.0 Å². The second kappa shape index (κ2) is 14.6. The van der Waals surface area contributed by atoms with Crippen LogP contribution < -0.4 is 15.4 Å². The molecular formula is C26H36FN7O3S. The molecule has 3 rings (SSSR count). The number of anilines is 1. The van der Waals surface area contributed by atoms with Crippen LogP contribution in [-0.2, 0) is 23.0 Å². The van der Waals surface area contributed by atoms with Gasteiger partial charge in [-0.25, -0.2) is 27.3 Å². The fourth-order valence-electron chi connectivity index (χ4n) is 3.91. The van der Waals surface area contributed by atoms with Crippen LogP contribution in [0.4, 0.5) is 14.9 Å². The number of nitrogens with zero attached hydrogens (tertiary/aromatic N) is 3. The van der Waals surface area contributed by atoms with Crippen LogP contribution in [0.3, 0.4) is 0 Å². The Morgan fingerprint density at radius 2 is 1.79 bits per heavy atom. The predicted molar refractivity (Wildman–Crippen MR) is 145 cm³/mol. The van der Waals surface area contributed by atoms with Crippen molar-refractivity contribution < 1.29 is 17.6 Å². The van der Waals surface area contributed by atoms with E-state index in [1.807, 2.05) is 30.3 Å². The SMILES string of the molecule is CCN(CC)CCCS(=O)(=O)N[C@H](CCc1ccccc1)c1n[nH]c(CNC(=O)Nc2ccc(F)cc2)n1. The Kier molecular flexibility index (Phi) is 11.2. The summed E-state index contributed by atoms with van der Waals surface area (Å²) < 4.78 is 41.7. The van der Waals surface area contributed by atoms with Crippen molar-refractivity contribution in [2.45, 2.75) is 45.7 Å². The Morgan fingerprint density at radius 3 is 2.47 bits per heavy atom. The number of nitrogens with one attached hydrogen (secondary N) is 4. The van der Waals surface area contributed by atoms with Gasteiger partial charge in [-0.1, -0.05) is 44.2 Å². The molecular weight excluding hydrogens is 509 g/mol. The Balaban J connectivity index is 1.62. The third kappa shape index (κ3) is 9.84. The molecule has 0 saturated heterocycles. The Morgan fingerprint density at radius 1 is 1.08 bits per heavy atom. The van der Waals surface area contributed by atoms with Gasteiger partial charge in [-0.05, 0) is 68.7 Å². The summed E-state index contributed by atoms with van der Waals surface area (Å²) in [6.07, 6.45) is 1.62. The molecule has 3 aromatic rings. The van der Waals surface area contributed by atoms with Crippen LogP contribution in [0.5, 0.6) is 0 Å². The Labute approximate surface area is 223 Å². The lowest BCUT2D eigenvalue weighted by atomic mass is 10.1. The normalized spacial score (nSPS) is 12.4. The van der Waals surface area contributed by atoms with E-state index in [1.165, 1.54) is 24.3 Å². The smallest absolute Gasteiger partial charge is 0.319 e. The average molecular weight is 546 g/mol. The molecule has 0 radical (unpaired) electrons. The highest BCUT2D eigenvalue weighted by atomic mass is 32.2. The number of amides is 2. The summed E-state index contributed by atoms with van der Waals surface area (Å²) in [6, 6.07) is 14.1. The number of halogens is 1. The average Bonchev–Trinajstić information content (AvgIpc) is 3.39. The van der Waals surface area contributed by atoms with Crippen LogP contribution in [0.1, 0.15) is 49.9 Å². The highest BCUT2D eigenvalue weighted by Crippen LogP contribution is 2.18. The van der Waals surface area contributed by atoms with Crippen molar-refractivity contribution >= 4 is 21.7 Å². The lowest BCUT2D eigenvalue weighted by molar-refractivity contribution is 0.251. The van der Waals surface area contributed by atoms with Gasteiger partial charge in [-0.3, -0.25) is 5.10 Å². The van der Waals surface area contributed by atoms with Crippen molar-refractivity contribution in [3.8, 4) is 0 Å². The predicted octanol–water partition coefficient (Wildman–Crippen LogP) is 3.59. The monoisotopic (exact) mass is 545 g/mol. The standard InChI is InChI=1S/C26H36FN7O3S/c1-3-34(4-2)17-8-18-38(36,37)33-23(16-11-20-9-6-5-7-10-20)25-30-24(31-32-25)19-28-26(35)29-22-14-12-21(27)13-15-22/h5-7,9-10,12-15,23,33H,3-4,8,11,16-19H2,1-2H3,(H2,28,29,35)(H,30,31,32)/t23-/m1/s1. The van der Waals surface area contributed by atoms with E-state index in [9.17, 15) is 17.6 Å². The molecule has 4 N–H and O–H groups in total. The van der Waals surface area contributed by atoms with E-state index in [0.29, 0.717) is 43.1 Å². The molecule has 0 aliphatic carbocycles. The number of benzene rings is 2. The molecule has 0 bridgehead atoms. The fraction of sp³-hybridized carbons (Fsp3) is 0.423. The summed E-state index contributed by atoms with van der Waals surface area (Å²) in [6.45, 7) is 6.61. The topological polar surface area (TPSA) is 132 Å². The summed E-state index contributed by atoms with van der Waals surface area (Å²) in [7, 11) is -3.58. The molecule has 2 aromatic carbocycles. The quantitative estimate of drug-likeness (QED) is 0.231. The molecule has 1 heterocycles. The maximum atomic E-state index is 13.0. The zero-order valence-electron chi connectivity index (χ0n) is 21.8. The van der Waals surface area contributed by atoms with Crippen molar-refractivity contribution in [3.63, 3.8) is 0 Å². The van der Waals surface area contributed by atoms with Crippen molar-refractivity contribution in [3.05, 3.63) is 77.6 Å². The second-order valence-corrected chi connectivity index (χ2v) is 10.7. The molecule has 0 saturated carbocycles. The molecule has 0 unspecified atom stereocenters. The van der Waals surface area contributed by atoms with Crippen molar-refractivity contribution in [1.82, 2.24) is 30.1 Å². The maximum absolute atomic E-state index is 13.0.